The maximum Gasteiger partial charge on any atom is 0.463 e. The monoisotopic (exact) mass is 359 g/mol. The van der Waals surface area contributed by atoms with E-state index in [1.54, 1.807) is 23.8 Å². The van der Waals surface area contributed by atoms with Crippen molar-refractivity contribution in [2.24, 2.45) is 0 Å². The molecular weight excluding hydrogens is 344 g/mol. The Kier molecular flexibility index (Phi) is 4.78. The number of para-hydroxylation sites is 1. The zero-order valence-electron chi connectivity index (χ0n) is 13.2. The second kappa shape index (κ2) is 6.98. The third kappa shape index (κ3) is 3.39. The molecule has 3 rings (SSSR count). The molecule has 1 atom stereocenters. The molecule has 7 heteroatoms. The Morgan fingerprint density at radius 2 is 1.88 bits per heavy atom. The average Bonchev–Trinajstić information content (AvgIpc) is 3.01. The molecule has 0 spiro atoms. The Morgan fingerprint density at radius 1 is 1.08 bits per heavy atom. The predicted molar refractivity (Wildman–Crippen MR) is 99.6 cm³/mol. The number of pyridine rings is 1. The fraction of sp³-hybridized carbons (Fsp3) is 0.118. The van der Waals surface area contributed by atoms with Crippen molar-refractivity contribution >= 4 is 43.9 Å². The van der Waals surface area contributed by atoms with Crippen LogP contribution in [0.15, 0.2) is 48.1 Å². The van der Waals surface area contributed by atoms with Crippen molar-refractivity contribution in [1.29, 1.82) is 0 Å². The van der Waals surface area contributed by atoms with E-state index in [1.165, 1.54) is 0 Å². The van der Waals surface area contributed by atoms with E-state index < -0.39 is 10.5 Å². The van der Waals surface area contributed by atoms with Crippen LogP contribution in [0.1, 0.15) is 11.1 Å². The second-order valence-electron chi connectivity index (χ2n) is 5.20. The third-order valence-electron chi connectivity index (χ3n) is 3.48. The van der Waals surface area contributed by atoms with Gasteiger partial charge in [-0.15, -0.1) is 0 Å². The van der Waals surface area contributed by atoms with E-state index in [0.717, 1.165) is 11.1 Å². The Morgan fingerprint density at radius 3 is 2.62 bits per heavy atom. The molecule has 1 amide bonds. The van der Waals surface area contributed by atoms with Crippen molar-refractivity contribution < 1.29 is 4.79 Å². The highest BCUT2D eigenvalue weighted by Gasteiger charge is 2.26. The number of carbonyl (C=O) groups is 1. The van der Waals surface area contributed by atoms with Crippen molar-refractivity contribution in [3.05, 3.63) is 64.3 Å². The number of amides is 1. The van der Waals surface area contributed by atoms with Gasteiger partial charge in [-0.25, -0.2) is 9.78 Å². The first kappa shape index (κ1) is 16.4. The summed E-state index contributed by atoms with van der Waals surface area (Å²) in [5.41, 5.74) is 2.53. The number of benzene rings is 1. The lowest BCUT2D eigenvalue weighted by Gasteiger charge is -2.07. The Balaban J connectivity index is 1.85. The van der Waals surface area contributed by atoms with Crippen LogP contribution in [0.5, 0.6) is 0 Å². The number of anilines is 3. The SMILES string of the molecule is Cc1cccnc1Nc1ncc[s+]1C(=O)Nc1c(C)cccc1Cl. The molecule has 0 bridgehead atoms. The lowest BCUT2D eigenvalue weighted by atomic mass is 10.2. The zero-order chi connectivity index (χ0) is 17.1. The first-order chi connectivity index (χ1) is 11.6. The molecule has 24 heavy (non-hydrogen) atoms. The summed E-state index contributed by atoms with van der Waals surface area (Å²) >= 11 is 6.18. The molecule has 0 radical (unpaired) electrons. The van der Waals surface area contributed by atoms with Gasteiger partial charge in [-0.05, 0) is 37.1 Å². The molecule has 1 unspecified atom stereocenters. The van der Waals surface area contributed by atoms with Crippen molar-refractivity contribution in [2.45, 2.75) is 13.8 Å². The summed E-state index contributed by atoms with van der Waals surface area (Å²) in [6, 6.07) is 9.32. The normalized spacial score (nSPS) is 11.2. The number of aryl methyl sites for hydroxylation is 2. The minimum atomic E-state index is -0.826. The van der Waals surface area contributed by atoms with E-state index in [-0.39, 0.29) is 5.24 Å². The van der Waals surface area contributed by atoms with Gasteiger partial charge in [0.05, 0.1) is 16.9 Å². The molecule has 5 nitrogen and oxygen atoms in total. The molecule has 2 heterocycles. The number of rotatable bonds is 4. The molecule has 1 aromatic carbocycles. The van der Waals surface area contributed by atoms with E-state index in [0.29, 0.717) is 21.7 Å². The van der Waals surface area contributed by atoms with Gasteiger partial charge in [-0.3, -0.25) is 10.6 Å². The van der Waals surface area contributed by atoms with E-state index in [1.807, 2.05) is 38.1 Å². The Labute approximate surface area is 147 Å². The molecule has 0 aliphatic carbocycles. The fourth-order valence-electron chi connectivity index (χ4n) is 2.18. The van der Waals surface area contributed by atoms with Gasteiger partial charge in [0.1, 0.15) is 16.3 Å². The molecule has 0 saturated heterocycles. The number of hydrogen-bond acceptors (Lipinski definition) is 4. The van der Waals surface area contributed by atoms with Crippen LogP contribution in [0.4, 0.5) is 21.4 Å². The van der Waals surface area contributed by atoms with Crippen LogP contribution >= 0.6 is 22.1 Å². The van der Waals surface area contributed by atoms with Crippen LogP contribution in [-0.4, -0.2) is 15.2 Å². The number of nitrogens with one attached hydrogen (secondary N) is 2. The highest BCUT2D eigenvalue weighted by Crippen LogP contribution is 2.34. The summed E-state index contributed by atoms with van der Waals surface area (Å²) in [5, 5.41) is 8.73. The number of hydrogen-bond donors (Lipinski definition) is 2. The van der Waals surface area contributed by atoms with Crippen LogP contribution < -0.4 is 10.6 Å². The number of thiazole rings is 1. The lowest BCUT2D eigenvalue weighted by molar-refractivity contribution is 0.269. The smallest absolute Gasteiger partial charge is 0.279 e. The molecule has 3 aromatic rings. The predicted octanol–water partition coefficient (Wildman–Crippen LogP) is 5.32. The van der Waals surface area contributed by atoms with Gasteiger partial charge in [0.2, 0.25) is 0 Å². The van der Waals surface area contributed by atoms with E-state index >= 15 is 0 Å². The standard InChI is InChI=1S/C17H15ClN4OS/c1-11-5-3-7-13(18)14(11)21-17(23)24-10-9-20-16(24)22-15-12(2)6-4-8-19-15/h3-10H,1-2H3,(H-,19,20,21,22,23)/p+1. The summed E-state index contributed by atoms with van der Waals surface area (Å²) in [7, 11) is -0.826. The van der Waals surface area contributed by atoms with Crippen LogP contribution in [-0.2, 0) is 0 Å². The van der Waals surface area contributed by atoms with E-state index in [4.69, 9.17) is 11.6 Å². The fourth-order valence-corrected chi connectivity index (χ4v) is 3.65. The zero-order valence-corrected chi connectivity index (χ0v) is 14.8. The highest BCUT2D eigenvalue weighted by molar-refractivity contribution is 7.53. The molecule has 122 valence electrons. The van der Waals surface area contributed by atoms with Crippen LogP contribution in [0.25, 0.3) is 0 Å². The first-order valence-corrected chi connectivity index (χ1v) is 8.95. The van der Waals surface area contributed by atoms with Gasteiger partial charge >= 0.3 is 10.4 Å². The number of aromatic nitrogens is 2. The van der Waals surface area contributed by atoms with Crippen molar-refractivity contribution in [2.75, 3.05) is 10.6 Å². The third-order valence-corrected chi connectivity index (χ3v) is 5.32. The maximum absolute atomic E-state index is 12.7. The van der Waals surface area contributed by atoms with Crippen LogP contribution in [0.2, 0.25) is 5.02 Å². The molecule has 2 N–H and O–H groups in total. The van der Waals surface area contributed by atoms with Crippen molar-refractivity contribution in [1.82, 2.24) is 9.97 Å². The van der Waals surface area contributed by atoms with Gasteiger partial charge in [0.25, 0.3) is 0 Å². The number of carbonyl (C=O) groups excluding carboxylic acids is 1. The topological polar surface area (TPSA) is 66.9 Å². The van der Waals surface area contributed by atoms with Gasteiger partial charge in [-0.1, -0.05) is 29.8 Å². The molecule has 0 saturated carbocycles. The molecular formula is C17H16ClN4OS+. The minimum absolute atomic E-state index is 0.167. The summed E-state index contributed by atoms with van der Waals surface area (Å²) < 4.78 is 0. The summed E-state index contributed by atoms with van der Waals surface area (Å²) in [5.74, 6) is 0.694. The van der Waals surface area contributed by atoms with E-state index in [2.05, 4.69) is 20.6 Å². The van der Waals surface area contributed by atoms with Crippen LogP contribution in [0, 0.1) is 13.8 Å². The Hall–Kier alpha value is -2.44. The number of nitrogens with zero attached hydrogens (tertiary/aromatic N) is 2. The second-order valence-corrected chi connectivity index (χ2v) is 7.31. The quantitative estimate of drug-likeness (QED) is 0.618. The molecule has 2 aromatic heterocycles. The first-order valence-electron chi connectivity index (χ1n) is 7.28. The van der Waals surface area contributed by atoms with E-state index in [9.17, 15) is 4.79 Å². The van der Waals surface area contributed by atoms with Crippen molar-refractivity contribution in [3.63, 3.8) is 0 Å². The van der Waals surface area contributed by atoms with Gasteiger partial charge < -0.3 is 0 Å². The molecule has 0 aliphatic rings. The summed E-state index contributed by atoms with van der Waals surface area (Å²) in [4.78, 5) is 21.2. The lowest BCUT2D eigenvalue weighted by Crippen LogP contribution is -2.08. The largest absolute Gasteiger partial charge is 0.463 e. The molecule has 0 fully saturated rings. The van der Waals surface area contributed by atoms with Crippen LogP contribution in [0.3, 0.4) is 0 Å². The van der Waals surface area contributed by atoms with Gasteiger partial charge in [0, 0.05) is 6.20 Å². The van der Waals surface area contributed by atoms with Crippen molar-refractivity contribution in [3.8, 4) is 0 Å². The van der Waals surface area contributed by atoms with Gasteiger partial charge in [-0.2, -0.15) is 4.98 Å². The summed E-state index contributed by atoms with van der Waals surface area (Å²) in [6.45, 7) is 3.85. The average molecular weight is 360 g/mol. The number of halogens is 1. The van der Waals surface area contributed by atoms with Gasteiger partial charge in [0.15, 0.2) is 5.38 Å². The Bertz CT molecular complexity index is 874. The molecule has 0 aliphatic heterocycles. The summed E-state index contributed by atoms with van der Waals surface area (Å²) in [6.07, 6.45) is 3.33. The minimum Gasteiger partial charge on any atom is -0.279 e. The maximum atomic E-state index is 12.7. The highest BCUT2D eigenvalue weighted by atomic mass is 35.5.